The smallest absolute Gasteiger partial charge is 0.317 e. The number of thioether (sulfide) groups is 1. The van der Waals surface area contributed by atoms with Crippen LogP contribution in [0, 0.1) is 13.8 Å². The van der Waals surface area contributed by atoms with Crippen molar-refractivity contribution in [1.29, 1.82) is 0 Å². The SMILES string of the molecule is Cc1ccc(SCC(=O)O[C@@H](C)C(=O)Nc2ccccc2Cl)c(C)c1. The van der Waals surface area contributed by atoms with Crippen LogP contribution in [0.2, 0.25) is 5.02 Å². The van der Waals surface area contributed by atoms with E-state index in [0.29, 0.717) is 10.7 Å². The highest BCUT2D eigenvalue weighted by Crippen LogP contribution is 2.24. The standard InChI is InChI=1S/C19H20ClNO3S/c1-12-8-9-17(13(2)10-12)25-11-18(22)24-14(3)19(23)21-16-7-5-4-6-15(16)20/h4-10,14H,11H2,1-3H3,(H,21,23)/t14-/m0/s1. The normalized spacial score (nSPS) is 11.7. The summed E-state index contributed by atoms with van der Waals surface area (Å²) in [6.45, 7) is 5.56. The molecular weight excluding hydrogens is 358 g/mol. The van der Waals surface area contributed by atoms with Gasteiger partial charge in [-0.15, -0.1) is 11.8 Å². The molecule has 0 fully saturated rings. The molecule has 0 aliphatic rings. The maximum absolute atomic E-state index is 12.1. The van der Waals surface area contributed by atoms with E-state index in [2.05, 4.69) is 11.4 Å². The van der Waals surface area contributed by atoms with Crippen LogP contribution < -0.4 is 5.32 Å². The van der Waals surface area contributed by atoms with Crippen molar-refractivity contribution in [3.8, 4) is 0 Å². The van der Waals surface area contributed by atoms with Crippen molar-refractivity contribution in [3.63, 3.8) is 0 Å². The number of amides is 1. The Balaban J connectivity index is 1.85. The molecule has 0 bridgehead atoms. The van der Waals surface area contributed by atoms with Crippen molar-refractivity contribution in [1.82, 2.24) is 0 Å². The summed E-state index contributed by atoms with van der Waals surface area (Å²) >= 11 is 7.39. The van der Waals surface area contributed by atoms with E-state index >= 15 is 0 Å². The van der Waals surface area contributed by atoms with Gasteiger partial charge >= 0.3 is 5.97 Å². The Morgan fingerprint density at radius 1 is 1.20 bits per heavy atom. The number of hydrogen-bond acceptors (Lipinski definition) is 4. The Morgan fingerprint density at radius 3 is 2.60 bits per heavy atom. The fourth-order valence-corrected chi connectivity index (χ4v) is 3.15. The van der Waals surface area contributed by atoms with Gasteiger partial charge in [0.1, 0.15) is 0 Å². The number of esters is 1. The Kier molecular flexibility index (Phi) is 6.91. The number of hydrogen-bond donors (Lipinski definition) is 1. The van der Waals surface area contributed by atoms with E-state index < -0.39 is 18.0 Å². The van der Waals surface area contributed by atoms with E-state index in [1.54, 1.807) is 24.3 Å². The summed E-state index contributed by atoms with van der Waals surface area (Å²) < 4.78 is 5.19. The molecule has 0 heterocycles. The minimum absolute atomic E-state index is 0.146. The number of nitrogens with one attached hydrogen (secondary N) is 1. The zero-order chi connectivity index (χ0) is 18.4. The van der Waals surface area contributed by atoms with Gasteiger partial charge in [0.05, 0.1) is 16.5 Å². The first kappa shape index (κ1) is 19.3. The van der Waals surface area contributed by atoms with Crippen molar-refractivity contribution >= 4 is 40.9 Å². The van der Waals surface area contributed by atoms with Gasteiger partial charge in [0, 0.05) is 4.90 Å². The zero-order valence-electron chi connectivity index (χ0n) is 14.3. The van der Waals surface area contributed by atoms with Crippen LogP contribution >= 0.6 is 23.4 Å². The summed E-state index contributed by atoms with van der Waals surface area (Å²) in [4.78, 5) is 25.1. The highest BCUT2D eigenvalue weighted by atomic mass is 35.5. The van der Waals surface area contributed by atoms with Crippen LogP contribution in [-0.2, 0) is 14.3 Å². The fraction of sp³-hybridized carbons (Fsp3) is 0.263. The number of rotatable bonds is 6. The number of anilines is 1. The van der Waals surface area contributed by atoms with Crippen molar-refractivity contribution in [2.24, 2.45) is 0 Å². The molecule has 132 valence electrons. The summed E-state index contributed by atoms with van der Waals surface area (Å²) in [5.41, 5.74) is 2.78. The van der Waals surface area contributed by atoms with Crippen LogP contribution in [0.4, 0.5) is 5.69 Å². The van der Waals surface area contributed by atoms with Gasteiger partial charge in [-0.2, -0.15) is 0 Å². The van der Waals surface area contributed by atoms with E-state index in [0.717, 1.165) is 10.5 Å². The third-order valence-corrected chi connectivity index (χ3v) is 4.96. The second kappa shape index (κ2) is 8.92. The lowest BCUT2D eigenvalue weighted by molar-refractivity contribution is -0.150. The third-order valence-electron chi connectivity index (χ3n) is 3.49. The van der Waals surface area contributed by atoms with Crippen molar-refractivity contribution in [2.75, 3.05) is 11.1 Å². The molecule has 2 aromatic carbocycles. The van der Waals surface area contributed by atoms with Gasteiger partial charge in [0.2, 0.25) is 0 Å². The lowest BCUT2D eigenvalue weighted by Crippen LogP contribution is -2.30. The quantitative estimate of drug-likeness (QED) is 0.589. The van der Waals surface area contributed by atoms with E-state index in [9.17, 15) is 9.59 Å². The predicted molar refractivity (Wildman–Crippen MR) is 102 cm³/mol. The largest absolute Gasteiger partial charge is 0.452 e. The molecule has 0 aliphatic carbocycles. The first-order valence-electron chi connectivity index (χ1n) is 7.81. The molecule has 4 nitrogen and oxygen atoms in total. The molecule has 0 spiro atoms. The molecule has 0 saturated carbocycles. The monoisotopic (exact) mass is 377 g/mol. The molecule has 25 heavy (non-hydrogen) atoms. The van der Waals surface area contributed by atoms with Gasteiger partial charge in [-0.3, -0.25) is 9.59 Å². The van der Waals surface area contributed by atoms with Crippen LogP contribution in [0.25, 0.3) is 0 Å². The number of ether oxygens (including phenoxy) is 1. The van der Waals surface area contributed by atoms with E-state index in [4.69, 9.17) is 16.3 Å². The Labute approximate surface area is 156 Å². The summed E-state index contributed by atoms with van der Waals surface area (Å²) in [7, 11) is 0. The van der Waals surface area contributed by atoms with E-state index in [-0.39, 0.29) is 5.75 Å². The molecule has 2 aromatic rings. The van der Waals surface area contributed by atoms with Crippen molar-refractivity contribution in [2.45, 2.75) is 31.8 Å². The molecule has 0 radical (unpaired) electrons. The first-order valence-corrected chi connectivity index (χ1v) is 9.18. The van der Waals surface area contributed by atoms with Gasteiger partial charge in [-0.05, 0) is 44.5 Å². The molecule has 2 rings (SSSR count). The average molecular weight is 378 g/mol. The number of carbonyl (C=O) groups is 2. The molecule has 0 aliphatic heterocycles. The number of para-hydroxylation sites is 1. The van der Waals surface area contributed by atoms with Gasteiger partial charge in [-0.25, -0.2) is 0 Å². The van der Waals surface area contributed by atoms with Gasteiger partial charge in [0.15, 0.2) is 6.10 Å². The number of aryl methyl sites for hydroxylation is 2. The maximum atomic E-state index is 12.1. The second-order valence-electron chi connectivity index (χ2n) is 5.66. The Hall–Kier alpha value is -1.98. The number of carbonyl (C=O) groups excluding carboxylic acids is 2. The molecular formula is C19H20ClNO3S. The van der Waals surface area contributed by atoms with E-state index in [1.807, 2.05) is 26.0 Å². The van der Waals surface area contributed by atoms with Gasteiger partial charge < -0.3 is 10.1 Å². The topological polar surface area (TPSA) is 55.4 Å². The Bertz CT molecular complexity index is 779. The van der Waals surface area contributed by atoms with Crippen LogP contribution in [0.3, 0.4) is 0 Å². The summed E-state index contributed by atoms with van der Waals surface area (Å²) in [6.07, 6.45) is -0.900. The molecule has 0 unspecified atom stereocenters. The van der Waals surface area contributed by atoms with Crippen LogP contribution in [0.15, 0.2) is 47.4 Å². The predicted octanol–water partition coefficient (Wildman–Crippen LogP) is 4.62. The molecule has 1 amide bonds. The summed E-state index contributed by atoms with van der Waals surface area (Å²) in [5, 5.41) is 3.08. The third kappa shape index (κ3) is 5.80. The Morgan fingerprint density at radius 2 is 1.92 bits per heavy atom. The van der Waals surface area contributed by atoms with Crippen LogP contribution in [0.1, 0.15) is 18.1 Å². The number of halogens is 1. The first-order chi connectivity index (χ1) is 11.9. The summed E-state index contributed by atoms with van der Waals surface area (Å²) in [5.74, 6) is -0.710. The van der Waals surface area contributed by atoms with Gasteiger partial charge in [0.25, 0.3) is 5.91 Å². The lowest BCUT2D eigenvalue weighted by atomic mass is 10.2. The van der Waals surface area contributed by atoms with E-state index in [1.165, 1.54) is 24.2 Å². The highest BCUT2D eigenvalue weighted by molar-refractivity contribution is 8.00. The second-order valence-corrected chi connectivity index (χ2v) is 7.08. The average Bonchev–Trinajstić information content (AvgIpc) is 2.56. The van der Waals surface area contributed by atoms with Crippen LogP contribution in [0.5, 0.6) is 0 Å². The van der Waals surface area contributed by atoms with Crippen LogP contribution in [-0.4, -0.2) is 23.7 Å². The molecule has 6 heteroatoms. The molecule has 1 N–H and O–H groups in total. The molecule has 1 atom stereocenters. The molecule has 0 aromatic heterocycles. The fourth-order valence-electron chi connectivity index (χ4n) is 2.18. The molecule has 0 saturated heterocycles. The van der Waals surface area contributed by atoms with Gasteiger partial charge in [-0.1, -0.05) is 41.4 Å². The highest BCUT2D eigenvalue weighted by Gasteiger charge is 2.19. The maximum Gasteiger partial charge on any atom is 0.317 e. The summed E-state index contributed by atoms with van der Waals surface area (Å²) in [6, 6.07) is 12.9. The zero-order valence-corrected chi connectivity index (χ0v) is 15.9. The van der Waals surface area contributed by atoms with Crippen molar-refractivity contribution < 1.29 is 14.3 Å². The minimum atomic E-state index is -0.900. The van der Waals surface area contributed by atoms with Crippen molar-refractivity contribution in [3.05, 3.63) is 58.6 Å². The minimum Gasteiger partial charge on any atom is -0.452 e. The lowest BCUT2D eigenvalue weighted by Gasteiger charge is -2.14. The number of benzene rings is 2.